The smallest absolute Gasteiger partial charge is 0.226 e. The number of rotatable bonds is 12. The Balaban J connectivity index is 0.00000205. The van der Waals surface area contributed by atoms with Gasteiger partial charge in [0.1, 0.15) is 17.3 Å². The van der Waals surface area contributed by atoms with Crippen molar-refractivity contribution in [1.82, 2.24) is 15.2 Å². The van der Waals surface area contributed by atoms with Crippen LogP contribution in [0.3, 0.4) is 0 Å². The lowest BCUT2D eigenvalue weighted by molar-refractivity contribution is -0.120. The molecule has 0 saturated carbocycles. The van der Waals surface area contributed by atoms with Gasteiger partial charge in [0.05, 0.1) is 19.6 Å². The maximum absolute atomic E-state index is 14.1. The minimum atomic E-state index is -0.371. The van der Waals surface area contributed by atoms with Gasteiger partial charge in [-0.2, -0.15) is 0 Å². The van der Waals surface area contributed by atoms with Gasteiger partial charge in [-0.3, -0.25) is 9.78 Å². The molecule has 0 aliphatic carbocycles. The molecule has 2 aromatic carbocycles. The van der Waals surface area contributed by atoms with Crippen LogP contribution in [-0.2, 0) is 17.8 Å². The molecule has 4 rings (SSSR count). The Kier molecular flexibility index (Phi) is 12.7. The largest absolute Gasteiger partial charge is 0.494 e. The first-order valence-electron chi connectivity index (χ1n) is 14.2. The molecule has 1 amide bonds. The van der Waals surface area contributed by atoms with E-state index < -0.39 is 0 Å². The van der Waals surface area contributed by atoms with Crippen LogP contribution in [-0.4, -0.2) is 48.6 Å². The number of amides is 1. The molecule has 0 unspecified atom stereocenters. The van der Waals surface area contributed by atoms with Crippen LogP contribution in [0.5, 0.6) is 11.5 Å². The summed E-state index contributed by atoms with van der Waals surface area (Å²) in [5.41, 5.74) is 3.33. The molecule has 3 aromatic rings. The molecule has 1 N–H and O–H groups in total. The topological polar surface area (TPSA) is 63.7 Å². The van der Waals surface area contributed by atoms with E-state index in [9.17, 15) is 9.18 Å². The van der Waals surface area contributed by atoms with Crippen molar-refractivity contribution in [3.05, 3.63) is 77.9 Å². The Labute approximate surface area is 232 Å². The Morgan fingerprint density at radius 2 is 1.69 bits per heavy atom. The minimum Gasteiger partial charge on any atom is -0.494 e. The van der Waals surface area contributed by atoms with Gasteiger partial charge in [0, 0.05) is 36.6 Å². The van der Waals surface area contributed by atoms with Crippen molar-refractivity contribution < 1.29 is 18.7 Å². The average molecular weight is 536 g/mol. The molecule has 1 aromatic heterocycles. The van der Waals surface area contributed by atoms with E-state index in [0.717, 1.165) is 42.9 Å². The molecule has 6 nitrogen and oxygen atoms in total. The second-order valence-electron chi connectivity index (χ2n) is 9.35. The average Bonchev–Trinajstić information content (AvgIpc) is 2.97. The van der Waals surface area contributed by atoms with Crippen LogP contribution in [0.15, 0.2) is 60.8 Å². The van der Waals surface area contributed by atoms with Crippen LogP contribution < -0.4 is 14.8 Å². The third kappa shape index (κ3) is 10.3. The van der Waals surface area contributed by atoms with Gasteiger partial charge >= 0.3 is 0 Å². The van der Waals surface area contributed by atoms with Gasteiger partial charge in [0.2, 0.25) is 5.91 Å². The van der Waals surface area contributed by atoms with E-state index in [2.05, 4.69) is 15.2 Å². The van der Waals surface area contributed by atoms with E-state index in [1.807, 2.05) is 57.2 Å². The number of aromatic nitrogens is 1. The molecule has 0 spiro atoms. The number of halogens is 1. The number of piperidine rings is 1. The van der Waals surface area contributed by atoms with Crippen LogP contribution in [0.4, 0.5) is 4.39 Å². The first-order valence-corrected chi connectivity index (χ1v) is 14.2. The predicted molar refractivity (Wildman–Crippen MR) is 155 cm³/mol. The number of ether oxygens (including phenoxy) is 2. The van der Waals surface area contributed by atoms with Gasteiger partial charge in [0.25, 0.3) is 0 Å². The zero-order valence-electron chi connectivity index (χ0n) is 23.5. The maximum atomic E-state index is 14.1. The fourth-order valence-corrected chi connectivity index (χ4v) is 4.51. The van der Waals surface area contributed by atoms with Crippen LogP contribution in [0.1, 0.15) is 57.7 Å². The van der Waals surface area contributed by atoms with Gasteiger partial charge in [0.15, 0.2) is 0 Å². The number of hydrogen-bond donors (Lipinski definition) is 1. The number of nitrogens with one attached hydrogen (secondary N) is 1. The number of carbonyl (C=O) groups excluding carboxylic acids is 1. The second kappa shape index (κ2) is 16.5. The summed E-state index contributed by atoms with van der Waals surface area (Å²) in [6.45, 7) is 10.7. The maximum Gasteiger partial charge on any atom is 0.226 e. The Hall–Kier alpha value is -3.45. The Morgan fingerprint density at radius 1 is 0.949 bits per heavy atom. The summed E-state index contributed by atoms with van der Waals surface area (Å²) < 4.78 is 25.4. The Morgan fingerprint density at radius 3 is 2.38 bits per heavy atom. The molecule has 210 valence electrons. The molecular formula is C32H42FN3O3. The van der Waals surface area contributed by atoms with E-state index in [1.165, 1.54) is 31.4 Å². The molecule has 2 heterocycles. The predicted octanol–water partition coefficient (Wildman–Crippen LogP) is 6.43. The monoisotopic (exact) mass is 535 g/mol. The van der Waals surface area contributed by atoms with E-state index in [1.54, 1.807) is 12.3 Å². The summed E-state index contributed by atoms with van der Waals surface area (Å²) in [7, 11) is 0. The van der Waals surface area contributed by atoms with Crippen molar-refractivity contribution in [1.29, 1.82) is 0 Å². The van der Waals surface area contributed by atoms with Gasteiger partial charge in [-0.05, 0) is 80.7 Å². The lowest BCUT2D eigenvalue weighted by Crippen LogP contribution is -2.31. The summed E-state index contributed by atoms with van der Waals surface area (Å²) in [6.07, 6.45) is 6.68. The van der Waals surface area contributed by atoms with Crippen LogP contribution in [0.25, 0.3) is 11.1 Å². The van der Waals surface area contributed by atoms with Crippen LogP contribution in [0.2, 0.25) is 0 Å². The lowest BCUT2D eigenvalue weighted by Gasteiger charge is -2.26. The van der Waals surface area contributed by atoms with E-state index in [-0.39, 0.29) is 24.7 Å². The van der Waals surface area contributed by atoms with Gasteiger partial charge in [-0.25, -0.2) is 4.39 Å². The van der Waals surface area contributed by atoms with E-state index in [0.29, 0.717) is 30.2 Å². The quantitative estimate of drug-likeness (QED) is 0.271. The number of pyridine rings is 1. The summed E-state index contributed by atoms with van der Waals surface area (Å²) in [5, 5.41) is 2.85. The van der Waals surface area contributed by atoms with Gasteiger partial charge < -0.3 is 19.7 Å². The first kappa shape index (κ1) is 30.1. The molecule has 39 heavy (non-hydrogen) atoms. The minimum absolute atomic E-state index is 0.152. The summed E-state index contributed by atoms with van der Waals surface area (Å²) >= 11 is 0. The SMILES string of the molecule is CC.CCOc1ccc(-c2ccc(CC(=O)NCc3cc(F)cc(OCCCN4CCCCC4)c3)nc2)cc1. The highest BCUT2D eigenvalue weighted by molar-refractivity contribution is 5.78. The molecule has 1 fully saturated rings. The highest BCUT2D eigenvalue weighted by Gasteiger charge is 2.10. The fourth-order valence-electron chi connectivity index (χ4n) is 4.51. The lowest BCUT2D eigenvalue weighted by atomic mass is 10.1. The molecule has 1 saturated heterocycles. The molecule has 0 radical (unpaired) electrons. The number of likely N-dealkylation sites (tertiary alicyclic amines) is 1. The molecule has 1 aliphatic heterocycles. The van der Waals surface area contributed by atoms with Crippen molar-refractivity contribution in [2.24, 2.45) is 0 Å². The first-order chi connectivity index (χ1) is 19.1. The fraction of sp³-hybridized carbons (Fsp3) is 0.438. The number of nitrogens with zero attached hydrogens (tertiary/aromatic N) is 2. The summed E-state index contributed by atoms with van der Waals surface area (Å²) in [6, 6.07) is 16.2. The molecule has 1 aliphatic rings. The molecular weight excluding hydrogens is 493 g/mol. The van der Waals surface area contributed by atoms with Crippen LogP contribution >= 0.6 is 0 Å². The van der Waals surface area contributed by atoms with E-state index >= 15 is 0 Å². The highest BCUT2D eigenvalue weighted by Crippen LogP contribution is 2.22. The number of benzene rings is 2. The molecule has 0 bridgehead atoms. The zero-order valence-corrected chi connectivity index (χ0v) is 23.5. The zero-order chi connectivity index (χ0) is 27.9. The molecule has 7 heteroatoms. The number of carbonyl (C=O) groups is 1. The summed E-state index contributed by atoms with van der Waals surface area (Å²) in [4.78, 5) is 19.4. The van der Waals surface area contributed by atoms with Gasteiger partial charge in [-0.1, -0.05) is 38.5 Å². The highest BCUT2D eigenvalue weighted by atomic mass is 19.1. The van der Waals surface area contributed by atoms with Crippen molar-refractivity contribution in [2.75, 3.05) is 32.8 Å². The third-order valence-electron chi connectivity index (χ3n) is 6.42. The van der Waals surface area contributed by atoms with Crippen molar-refractivity contribution in [2.45, 2.75) is 59.4 Å². The second-order valence-corrected chi connectivity index (χ2v) is 9.35. The van der Waals surface area contributed by atoms with E-state index in [4.69, 9.17) is 9.47 Å². The number of hydrogen-bond acceptors (Lipinski definition) is 5. The molecule has 0 atom stereocenters. The third-order valence-corrected chi connectivity index (χ3v) is 6.42. The standard InChI is InChI=1S/C30H36FN3O3.C2H6/c1-2-36-28-11-8-24(9-12-28)25-7-10-27(32-22-25)20-30(35)33-21-23-17-26(31)19-29(18-23)37-16-6-15-34-13-4-3-5-14-34;1-2/h7-12,17-19,22H,2-6,13-16,20-21H2,1H3,(H,33,35);1-2H3. The Bertz CT molecular complexity index is 1130. The van der Waals surface area contributed by atoms with Gasteiger partial charge in [-0.15, -0.1) is 0 Å². The van der Waals surface area contributed by atoms with Crippen molar-refractivity contribution in [3.63, 3.8) is 0 Å². The normalized spacial score (nSPS) is 13.2. The van der Waals surface area contributed by atoms with Crippen molar-refractivity contribution in [3.8, 4) is 22.6 Å². The van der Waals surface area contributed by atoms with Crippen LogP contribution in [0, 0.1) is 5.82 Å². The summed E-state index contributed by atoms with van der Waals surface area (Å²) in [5.74, 6) is 0.783. The van der Waals surface area contributed by atoms with Crippen molar-refractivity contribution >= 4 is 5.91 Å².